The van der Waals surface area contributed by atoms with Crippen LogP contribution in [0.15, 0.2) is 36.4 Å². The number of amides is 3. The van der Waals surface area contributed by atoms with E-state index in [1.165, 1.54) is 30.2 Å². The van der Waals surface area contributed by atoms with Crippen LogP contribution < -0.4 is 5.32 Å². The van der Waals surface area contributed by atoms with Crippen molar-refractivity contribution in [2.45, 2.75) is 56.7 Å². The van der Waals surface area contributed by atoms with E-state index in [0.717, 1.165) is 17.5 Å². The summed E-state index contributed by atoms with van der Waals surface area (Å²) in [6, 6.07) is 9.14. The van der Waals surface area contributed by atoms with Gasteiger partial charge in [0.2, 0.25) is 0 Å². The number of carbonyl (C=O) groups is 2. The molecule has 3 N–H and O–H groups in total. The lowest BCUT2D eigenvalue weighted by atomic mass is 9.81. The number of aromatic hydroxyl groups is 1. The van der Waals surface area contributed by atoms with Crippen molar-refractivity contribution < 1.29 is 19.1 Å². The summed E-state index contributed by atoms with van der Waals surface area (Å²) in [5.41, 5.74) is 1.61. The monoisotopic (exact) mass is 510 g/mol. The van der Waals surface area contributed by atoms with Crippen molar-refractivity contribution in [1.82, 2.24) is 20.1 Å². The first-order valence-electron chi connectivity index (χ1n) is 12.4. The molecule has 7 nitrogen and oxygen atoms in total. The number of nitrogens with one attached hydrogen (secondary N) is 2. The molecule has 3 aliphatic rings. The van der Waals surface area contributed by atoms with Crippen molar-refractivity contribution in [3.63, 3.8) is 0 Å². The van der Waals surface area contributed by atoms with E-state index in [9.17, 15) is 19.1 Å². The van der Waals surface area contributed by atoms with Gasteiger partial charge in [0, 0.05) is 35.6 Å². The van der Waals surface area contributed by atoms with Gasteiger partial charge in [-0.1, -0.05) is 30.2 Å². The standard InChI is InChI=1S/C27H28ClFN4O3/c1-27-14-19-18-12-20(28)21(29)13-22(18)31-23(19)24(15-5-2-8-17(34)11-15)33(27)26(36)32(25(27)35)10-4-9-30-16-6-3-7-16/h2,5,8,11-13,16,24,30-31,34H,3-4,6-7,9-10,14H2,1H3/t24-,27+/m1/s1. The first-order chi connectivity index (χ1) is 17.3. The van der Waals surface area contributed by atoms with Gasteiger partial charge in [-0.3, -0.25) is 14.6 Å². The number of hydrogen-bond donors (Lipinski definition) is 3. The van der Waals surface area contributed by atoms with Gasteiger partial charge in [0.05, 0.1) is 5.02 Å². The fourth-order valence-electron chi connectivity index (χ4n) is 5.90. The summed E-state index contributed by atoms with van der Waals surface area (Å²) >= 11 is 6.12. The van der Waals surface area contributed by atoms with Gasteiger partial charge in [-0.2, -0.15) is 0 Å². The van der Waals surface area contributed by atoms with Crippen LogP contribution in [0.5, 0.6) is 5.75 Å². The number of nitrogens with zero attached hydrogens (tertiary/aromatic N) is 2. The predicted molar refractivity (Wildman–Crippen MR) is 135 cm³/mol. The molecule has 1 saturated heterocycles. The zero-order chi connectivity index (χ0) is 25.2. The maximum absolute atomic E-state index is 14.3. The van der Waals surface area contributed by atoms with Crippen LogP contribution in [0.3, 0.4) is 0 Å². The van der Waals surface area contributed by atoms with Gasteiger partial charge in [-0.15, -0.1) is 0 Å². The molecular weight excluding hydrogens is 483 g/mol. The molecule has 1 aromatic heterocycles. The maximum atomic E-state index is 14.3. The number of H-pyrrole nitrogens is 1. The van der Waals surface area contributed by atoms with Crippen LogP contribution in [0, 0.1) is 5.82 Å². The molecule has 2 atom stereocenters. The summed E-state index contributed by atoms with van der Waals surface area (Å²) < 4.78 is 14.3. The molecule has 9 heteroatoms. The highest BCUT2D eigenvalue weighted by Crippen LogP contribution is 2.49. The number of halogens is 2. The van der Waals surface area contributed by atoms with Gasteiger partial charge in [-0.05, 0) is 68.1 Å². The average Bonchev–Trinajstić information content (AvgIpc) is 3.23. The maximum Gasteiger partial charge on any atom is 0.328 e. The number of aromatic amines is 1. The SMILES string of the molecule is C[C@@]12Cc3c([nH]c4cc(F)c(Cl)cc34)[C@@H](c3cccc(O)c3)N1C(=O)N(CCCNC1CCC1)C2=O. The Balaban J connectivity index is 1.41. The Kier molecular flexibility index (Phi) is 5.50. The Hall–Kier alpha value is -3.10. The van der Waals surface area contributed by atoms with Crippen LogP contribution in [-0.2, 0) is 11.2 Å². The Morgan fingerprint density at radius 1 is 1.25 bits per heavy atom. The highest BCUT2D eigenvalue weighted by atomic mass is 35.5. The normalized spacial score (nSPS) is 23.8. The molecule has 2 fully saturated rings. The molecule has 36 heavy (non-hydrogen) atoms. The van der Waals surface area contributed by atoms with Gasteiger partial charge in [-0.25, -0.2) is 9.18 Å². The number of rotatable bonds is 6. The van der Waals surface area contributed by atoms with Gasteiger partial charge in [0.15, 0.2) is 0 Å². The lowest BCUT2D eigenvalue weighted by molar-refractivity contribution is -0.133. The number of imide groups is 1. The van der Waals surface area contributed by atoms with Crippen molar-refractivity contribution in [2.75, 3.05) is 13.1 Å². The van der Waals surface area contributed by atoms with Crippen LogP contribution in [-0.4, -0.2) is 56.5 Å². The second-order valence-electron chi connectivity index (χ2n) is 10.3. The molecule has 0 unspecified atom stereocenters. The number of carbonyl (C=O) groups excluding carboxylic acids is 2. The van der Waals surface area contributed by atoms with E-state index in [4.69, 9.17) is 11.6 Å². The van der Waals surface area contributed by atoms with Crippen molar-refractivity contribution >= 4 is 34.4 Å². The largest absolute Gasteiger partial charge is 0.508 e. The van der Waals surface area contributed by atoms with Crippen LogP contribution in [0.4, 0.5) is 9.18 Å². The molecule has 0 spiro atoms. The van der Waals surface area contributed by atoms with Crippen LogP contribution in [0.2, 0.25) is 5.02 Å². The van der Waals surface area contributed by atoms with E-state index in [-0.39, 0.29) is 29.1 Å². The van der Waals surface area contributed by atoms with Crippen molar-refractivity contribution in [2.24, 2.45) is 0 Å². The Labute approximate surface area is 213 Å². The van der Waals surface area contributed by atoms with Crippen molar-refractivity contribution in [3.8, 4) is 5.75 Å². The number of urea groups is 1. The highest BCUT2D eigenvalue weighted by Gasteiger charge is 2.60. The van der Waals surface area contributed by atoms with Gasteiger partial charge in [0.25, 0.3) is 5.91 Å². The zero-order valence-electron chi connectivity index (χ0n) is 20.0. The third-order valence-corrected chi connectivity index (χ3v) is 8.28. The molecule has 3 aromatic rings. The van der Waals surface area contributed by atoms with E-state index < -0.39 is 17.4 Å². The minimum Gasteiger partial charge on any atom is -0.508 e. The summed E-state index contributed by atoms with van der Waals surface area (Å²) in [5.74, 6) is -0.727. The molecule has 6 rings (SSSR count). The van der Waals surface area contributed by atoms with Crippen molar-refractivity contribution in [1.29, 1.82) is 0 Å². The van der Waals surface area contributed by atoms with E-state index in [2.05, 4.69) is 10.3 Å². The Bertz CT molecular complexity index is 1390. The van der Waals surface area contributed by atoms with Crippen LogP contribution in [0.1, 0.15) is 55.5 Å². The minimum absolute atomic E-state index is 0.000187. The molecule has 0 radical (unpaired) electrons. The zero-order valence-corrected chi connectivity index (χ0v) is 20.7. The fourth-order valence-corrected chi connectivity index (χ4v) is 6.07. The summed E-state index contributed by atoms with van der Waals surface area (Å²) in [6.07, 6.45) is 4.56. The predicted octanol–water partition coefficient (Wildman–Crippen LogP) is 4.87. The summed E-state index contributed by atoms with van der Waals surface area (Å²) in [5, 5.41) is 14.4. The molecule has 2 aromatic carbocycles. The summed E-state index contributed by atoms with van der Waals surface area (Å²) in [4.78, 5) is 33.9. The molecule has 1 saturated carbocycles. The number of phenolic OH excluding ortho intramolecular Hbond substituents is 1. The number of benzene rings is 2. The molecular formula is C27H28ClFN4O3. The molecule has 0 bridgehead atoms. The summed E-state index contributed by atoms with van der Waals surface area (Å²) in [6.45, 7) is 2.88. The highest BCUT2D eigenvalue weighted by molar-refractivity contribution is 6.31. The second kappa shape index (κ2) is 8.49. The lowest BCUT2D eigenvalue weighted by Crippen LogP contribution is -2.53. The number of phenols is 1. The number of hydrogen-bond acceptors (Lipinski definition) is 4. The van der Waals surface area contributed by atoms with E-state index in [0.29, 0.717) is 35.8 Å². The van der Waals surface area contributed by atoms with Gasteiger partial charge in [0.1, 0.15) is 23.1 Å². The first kappa shape index (κ1) is 23.3. The van der Waals surface area contributed by atoms with E-state index >= 15 is 0 Å². The third-order valence-electron chi connectivity index (χ3n) is 7.99. The Morgan fingerprint density at radius 2 is 2.06 bits per heavy atom. The van der Waals surface area contributed by atoms with Crippen LogP contribution in [0.25, 0.3) is 10.9 Å². The molecule has 2 aliphatic heterocycles. The minimum atomic E-state index is -1.13. The average molecular weight is 511 g/mol. The second-order valence-corrected chi connectivity index (χ2v) is 10.7. The molecule has 3 amide bonds. The molecule has 188 valence electrons. The van der Waals surface area contributed by atoms with E-state index in [1.807, 2.05) is 6.07 Å². The topological polar surface area (TPSA) is 88.7 Å². The third kappa shape index (κ3) is 3.50. The van der Waals surface area contributed by atoms with Gasteiger partial charge >= 0.3 is 6.03 Å². The smallest absolute Gasteiger partial charge is 0.328 e. The number of aromatic nitrogens is 1. The Morgan fingerprint density at radius 3 is 2.78 bits per heavy atom. The first-order valence-corrected chi connectivity index (χ1v) is 12.8. The fraction of sp³-hybridized carbons (Fsp3) is 0.407. The van der Waals surface area contributed by atoms with E-state index in [1.54, 1.807) is 36.1 Å². The molecule has 3 heterocycles. The quantitative estimate of drug-likeness (QED) is 0.326. The number of fused-ring (bicyclic) bond motifs is 4. The van der Waals surface area contributed by atoms with Gasteiger partial charge < -0.3 is 15.4 Å². The summed E-state index contributed by atoms with van der Waals surface area (Å²) in [7, 11) is 0. The van der Waals surface area contributed by atoms with Crippen molar-refractivity contribution in [3.05, 3.63) is 64.1 Å². The van der Waals surface area contributed by atoms with Crippen LogP contribution >= 0.6 is 11.6 Å². The molecule has 1 aliphatic carbocycles. The lowest BCUT2D eigenvalue weighted by Gasteiger charge is -2.42.